The van der Waals surface area contributed by atoms with E-state index in [1.807, 2.05) is 0 Å². The van der Waals surface area contributed by atoms with Crippen molar-refractivity contribution >= 4 is 0 Å². The van der Waals surface area contributed by atoms with Gasteiger partial charge in [-0.05, 0) is 91.3 Å². The van der Waals surface area contributed by atoms with E-state index in [-0.39, 0.29) is 5.41 Å². The van der Waals surface area contributed by atoms with E-state index in [1.54, 1.807) is 0 Å². The van der Waals surface area contributed by atoms with Crippen LogP contribution in [0.15, 0.2) is 11.6 Å². The van der Waals surface area contributed by atoms with Crippen molar-refractivity contribution < 1.29 is 30.3 Å². The first kappa shape index (κ1) is 30.0. The van der Waals surface area contributed by atoms with Crippen LogP contribution in [0, 0.1) is 46.3 Å². The molecule has 39 heavy (non-hydrogen) atoms. The first-order chi connectivity index (χ1) is 18.4. The molecule has 13 atom stereocenters. The molecule has 224 valence electrons. The summed E-state index contributed by atoms with van der Waals surface area (Å²) in [5.74, 6) is 4.50. The fourth-order valence-corrected chi connectivity index (χ4v) is 10.5. The molecule has 0 aromatic heterocycles. The van der Waals surface area contributed by atoms with Crippen molar-refractivity contribution in [2.75, 3.05) is 6.61 Å². The van der Waals surface area contributed by atoms with Crippen LogP contribution in [0.25, 0.3) is 0 Å². The number of hydrogen-bond donors (Lipinski definition) is 5. The third kappa shape index (κ3) is 4.97. The summed E-state index contributed by atoms with van der Waals surface area (Å²) in [6.45, 7) is 11.7. The Labute approximate surface area is 236 Å². The average Bonchev–Trinajstić information content (AvgIpc) is 3.25. The number of allylic oxidation sites excluding steroid dienone is 1. The molecule has 5 N–H and O–H groups in total. The summed E-state index contributed by atoms with van der Waals surface area (Å²) < 4.78 is 5.85. The molecular weight excluding hydrogens is 492 g/mol. The SMILES string of the molecule is CC(C)CCC[C@@H](C)[C@H]1CC[C@H]2[C@@H]3CC=C4CC(O)(C5O[C@H](CO)[C@@H](O)[C@H](O)[C@H]5O)CC[C@]4(C)[C@H]3CC[C@]12C. The van der Waals surface area contributed by atoms with Crippen LogP contribution >= 0.6 is 0 Å². The monoisotopic (exact) mass is 548 g/mol. The molecule has 4 aliphatic carbocycles. The van der Waals surface area contributed by atoms with Crippen molar-refractivity contribution in [2.24, 2.45) is 46.3 Å². The molecule has 0 aromatic carbocycles. The Bertz CT molecular complexity index is 903. The smallest absolute Gasteiger partial charge is 0.116 e. The van der Waals surface area contributed by atoms with Crippen molar-refractivity contribution in [3.05, 3.63) is 11.6 Å². The van der Waals surface area contributed by atoms with Crippen LogP contribution < -0.4 is 0 Å². The van der Waals surface area contributed by atoms with E-state index in [0.717, 1.165) is 36.5 Å². The Morgan fingerprint density at radius 1 is 0.923 bits per heavy atom. The van der Waals surface area contributed by atoms with Crippen LogP contribution in [-0.4, -0.2) is 68.3 Å². The molecule has 5 rings (SSSR count). The standard InChI is InChI=1S/C33H56O6/c1-19(2)7-6-8-20(3)23-11-12-24-22-10-9-21-17-33(38,30-29(37)28(36)27(35)26(18-34)39-30)16-15-31(21,4)25(22)13-14-32(23,24)5/h9,19-20,22-30,34-38H,6-8,10-18H2,1-5H3/t20-,22+,23-,24+,25+,26-,27-,28+,29-,30?,31+,32-,33?/m1/s1. The number of fused-ring (bicyclic) bond motifs is 5. The predicted octanol–water partition coefficient (Wildman–Crippen LogP) is 4.60. The maximum Gasteiger partial charge on any atom is 0.116 e. The fourth-order valence-electron chi connectivity index (χ4n) is 10.5. The normalized spacial score (nSPS) is 50.6. The fraction of sp³-hybridized carbons (Fsp3) is 0.939. The predicted molar refractivity (Wildman–Crippen MR) is 152 cm³/mol. The Morgan fingerprint density at radius 3 is 2.36 bits per heavy atom. The number of hydrogen-bond acceptors (Lipinski definition) is 6. The van der Waals surface area contributed by atoms with Gasteiger partial charge in [-0.2, -0.15) is 0 Å². The summed E-state index contributed by atoms with van der Waals surface area (Å²) in [7, 11) is 0. The average molecular weight is 549 g/mol. The van der Waals surface area contributed by atoms with Crippen molar-refractivity contribution in [3.8, 4) is 0 Å². The number of ether oxygens (including phenoxy) is 1. The first-order valence-electron chi connectivity index (χ1n) is 16.1. The molecule has 6 heteroatoms. The van der Waals surface area contributed by atoms with Gasteiger partial charge in [-0.1, -0.05) is 65.5 Å². The molecular formula is C33H56O6. The summed E-state index contributed by atoms with van der Waals surface area (Å²) in [5.41, 5.74) is 0.408. The molecule has 1 saturated heterocycles. The Kier molecular flexibility index (Phi) is 8.43. The van der Waals surface area contributed by atoms with Gasteiger partial charge in [0.05, 0.1) is 12.2 Å². The molecule has 0 aromatic rings. The molecule has 0 amide bonds. The lowest BCUT2D eigenvalue weighted by atomic mass is 9.46. The van der Waals surface area contributed by atoms with Gasteiger partial charge in [0.1, 0.15) is 30.5 Å². The maximum atomic E-state index is 11.8. The second-order valence-corrected chi connectivity index (χ2v) is 15.3. The number of aliphatic hydroxyl groups is 5. The lowest BCUT2D eigenvalue weighted by Crippen LogP contribution is -2.66. The van der Waals surface area contributed by atoms with Gasteiger partial charge in [0.2, 0.25) is 0 Å². The largest absolute Gasteiger partial charge is 0.394 e. The lowest BCUT2D eigenvalue weighted by molar-refractivity contribution is -0.275. The van der Waals surface area contributed by atoms with Gasteiger partial charge >= 0.3 is 0 Å². The van der Waals surface area contributed by atoms with Crippen molar-refractivity contribution in [1.29, 1.82) is 0 Å². The maximum absolute atomic E-state index is 11.8. The zero-order valence-electron chi connectivity index (χ0n) is 25.1. The Morgan fingerprint density at radius 2 is 1.67 bits per heavy atom. The molecule has 0 spiro atoms. The molecule has 1 aliphatic heterocycles. The van der Waals surface area contributed by atoms with Gasteiger partial charge < -0.3 is 30.3 Å². The highest BCUT2D eigenvalue weighted by molar-refractivity contribution is 5.28. The summed E-state index contributed by atoms with van der Waals surface area (Å²) in [5, 5.41) is 52.9. The summed E-state index contributed by atoms with van der Waals surface area (Å²) in [4.78, 5) is 0. The minimum atomic E-state index is -1.46. The van der Waals surface area contributed by atoms with Crippen LogP contribution in [-0.2, 0) is 4.74 Å². The third-order valence-electron chi connectivity index (χ3n) is 12.8. The third-order valence-corrected chi connectivity index (χ3v) is 12.8. The second-order valence-electron chi connectivity index (χ2n) is 15.3. The van der Waals surface area contributed by atoms with E-state index in [1.165, 1.54) is 50.5 Å². The summed E-state index contributed by atoms with van der Waals surface area (Å²) >= 11 is 0. The topological polar surface area (TPSA) is 110 Å². The van der Waals surface area contributed by atoms with Crippen molar-refractivity contribution in [1.82, 2.24) is 0 Å². The molecule has 4 fully saturated rings. The van der Waals surface area contributed by atoms with Gasteiger partial charge in [0, 0.05) is 6.42 Å². The van der Waals surface area contributed by atoms with Crippen LogP contribution in [0.2, 0.25) is 0 Å². The minimum absolute atomic E-state index is 0.0333. The van der Waals surface area contributed by atoms with E-state index in [2.05, 4.69) is 40.7 Å². The highest BCUT2D eigenvalue weighted by atomic mass is 16.6. The Balaban J connectivity index is 1.32. The molecule has 0 bridgehead atoms. The van der Waals surface area contributed by atoms with E-state index >= 15 is 0 Å². The van der Waals surface area contributed by atoms with Crippen molar-refractivity contribution in [2.45, 2.75) is 141 Å². The molecule has 1 heterocycles. The number of rotatable bonds is 7. The molecule has 2 unspecified atom stereocenters. The first-order valence-corrected chi connectivity index (χ1v) is 16.1. The van der Waals surface area contributed by atoms with E-state index in [9.17, 15) is 25.5 Å². The van der Waals surface area contributed by atoms with Crippen molar-refractivity contribution in [3.63, 3.8) is 0 Å². The van der Waals surface area contributed by atoms with Crippen LogP contribution in [0.1, 0.15) is 105 Å². The lowest BCUT2D eigenvalue weighted by Gasteiger charge is -2.60. The summed E-state index contributed by atoms with van der Waals surface area (Å²) in [6, 6.07) is 0. The summed E-state index contributed by atoms with van der Waals surface area (Å²) in [6.07, 6.45) is 8.20. The van der Waals surface area contributed by atoms with Gasteiger partial charge in [-0.25, -0.2) is 0 Å². The molecule has 5 aliphatic rings. The zero-order chi connectivity index (χ0) is 28.3. The van der Waals surface area contributed by atoms with E-state index in [4.69, 9.17) is 4.74 Å². The highest BCUT2D eigenvalue weighted by Crippen LogP contribution is 2.68. The van der Waals surface area contributed by atoms with Gasteiger partial charge in [0.15, 0.2) is 0 Å². The van der Waals surface area contributed by atoms with Gasteiger partial charge in [-0.15, -0.1) is 0 Å². The zero-order valence-corrected chi connectivity index (χ0v) is 25.1. The molecule has 3 saturated carbocycles. The second kappa shape index (κ2) is 11.0. The highest BCUT2D eigenvalue weighted by Gasteiger charge is 2.62. The molecule has 6 nitrogen and oxygen atoms in total. The van der Waals surface area contributed by atoms with Gasteiger partial charge in [0.25, 0.3) is 0 Å². The quantitative estimate of drug-likeness (QED) is 0.298. The van der Waals surface area contributed by atoms with E-state index in [0.29, 0.717) is 30.1 Å². The van der Waals surface area contributed by atoms with Crippen LogP contribution in [0.4, 0.5) is 0 Å². The minimum Gasteiger partial charge on any atom is -0.394 e. The van der Waals surface area contributed by atoms with Gasteiger partial charge in [-0.3, -0.25) is 0 Å². The number of aliphatic hydroxyl groups excluding tert-OH is 4. The van der Waals surface area contributed by atoms with E-state index < -0.39 is 42.7 Å². The van der Waals surface area contributed by atoms with Crippen LogP contribution in [0.3, 0.4) is 0 Å². The Hall–Kier alpha value is -0.500. The van der Waals surface area contributed by atoms with Crippen LogP contribution in [0.5, 0.6) is 0 Å². The molecule has 0 radical (unpaired) electrons.